The number of carbonyl (C=O) groups excluding carboxylic acids is 2. The van der Waals surface area contributed by atoms with Gasteiger partial charge >= 0.3 is 5.97 Å². The smallest absolute Gasteiger partial charge is 0.306 e. The fourth-order valence-electron chi connectivity index (χ4n) is 2.31. The summed E-state index contributed by atoms with van der Waals surface area (Å²) in [6.45, 7) is 0. The SMILES string of the molecule is O=C1N[C@H](C(=O)NC2CCC(C(=O)O)CC2)CS1. The molecule has 1 saturated carbocycles. The highest BCUT2D eigenvalue weighted by Gasteiger charge is 2.31. The number of hydrogen-bond donors (Lipinski definition) is 3. The first-order valence-corrected chi connectivity index (χ1v) is 7.01. The standard InChI is InChI=1S/C11H16N2O4S/c14-9(8-5-18-11(17)13-8)12-7-3-1-6(2-4-7)10(15)16/h6-8H,1-5H2,(H,12,14)(H,13,17)(H,15,16)/t6?,7?,8-/m0/s1. The maximum atomic E-state index is 11.8. The minimum Gasteiger partial charge on any atom is -0.481 e. The molecule has 1 saturated heterocycles. The van der Waals surface area contributed by atoms with Crippen LogP contribution >= 0.6 is 11.8 Å². The molecule has 6 nitrogen and oxygen atoms in total. The molecule has 0 spiro atoms. The lowest BCUT2D eigenvalue weighted by molar-refractivity contribution is -0.142. The third kappa shape index (κ3) is 3.16. The van der Waals surface area contributed by atoms with Crippen LogP contribution in [0.2, 0.25) is 0 Å². The van der Waals surface area contributed by atoms with Crippen LogP contribution in [0.25, 0.3) is 0 Å². The summed E-state index contributed by atoms with van der Waals surface area (Å²) in [4.78, 5) is 33.6. The zero-order valence-corrected chi connectivity index (χ0v) is 10.7. The van der Waals surface area contributed by atoms with Gasteiger partial charge in [-0.2, -0.15) is 0 Å². The molecule has 0 aromatic carbocycles. The molecule has 100 valence electrons. The van der Waals surface area contributed by atoms with Crippen LogP contribution in [0.1, 0.15) is 25.7 Å². The summed E-state index contributed by atoms with van der Waals surface area (Å²) in [5, 5.41) is 14.2. The van der Waals surface area contributed by atoms with Gasteiger partial charge < -0.3 is 15.7 Å². The van der Waals surface area contributed by atoms with E-state index in [4.69, 9.17) is 5.11 Å². The van der Waals surface area contributed by atoms with Crippen LogP contribution in [0.4, 0.5) is 4.79 Å². The molecule has 1 aliphatic heterocycles. The van der Waals surface area contributed by atoms with Crippen molar-refractivity contribution in [1.29, 1.82) is 0 Å². The molecule has 0 aromatic rings. The molecule has 2 rings (SSSR count). The lowest BCUT2D eigenvalue weighted by Crippen LogP contribution is -2.48. The first kappa shape index (κ1) is 13.2. The Bertz CT molecular complexity index is 366. The quantitative estimate of drug-likeness (QED) is 0.698. The van der Waals surface area contributed by atoms with Crippen LogP contribution in [0.5, 0.6) is 0 Å². The van der Waals surface area contributed by atoms with E-state index in [1.54, 1.807) is 0 Å². The Morgan fingerprint density at radius 3 is 2.44 bits per heavy atom. The number of aliphatic carboxylic acids is 1. The monoisotopic (exact) mass is 272 g/mol. The molecule has 2 amide bonds. The topological polar surface area (TPSA) is 95.5 Å². The van der Waals surface area contributed by atoms with Crippen LogP contribution in [-0.2, 0) is 9.59 Å². The molecule has 2 fully saturated rings. The maximum Gasteiger partial charge on any atom is 0.306 e. The van der Waals surface area contributed by atoms with Gasteiger partial charge in [0.25, 0.3) is 5.24 Å². The summed E-state index contributed by atoms with van der Waals surface area (Å²) < 4.78 is 0. The van der Waals surface area contributed by atoms with Crippen LogP contribution in [0, 0.1) is 5.92 Å². The number of hydrogen-bond acceptors (Lipinski definition) is 4. The van der Waals surface area contributed by atoms with Gasteiger partial charge in [-0.05, 0) is 25.7 Å². The number of carboxylic acid groups (broad SMARTS) is 1. The van der Waals surface area contributed by atoms with Crippen LogP contribution < -0.4 is 10.6 Å². The van der Waals surface area contributed by atoms with Crippen molar-refractivity contribution >= 4 is 28.9 Å². The van der Waals surface area contributed by atoms with Gasteiger partial charge in [-0.15, -0.1) is 0 Å². The Hall–Kier alpha value is -1.24. The summed E-state index contributed by atoms with van der Waals surface area (Å²) in [6, 6.07) is -0.407. The minimum atomic E-state index is -0.751. The Morgan fingerprint density at radius 1 is 1.28 bits per heavy atom. The van der Waals surface area contributed by atoms with Gasteiger partial charge in [0, 0.05) is 11.8 Å². The molecule has 1 aliphatic carbocycles. The Morgan fingerprint density at radius 2 is 1.94 bits per heavy atom. The molecule has 0 unspecified atom stereocenters. The zero-order chi connectivity index (χ0) is 13.1. The third-order valence-corrected chi connectivity index (χ3v) is 4.29. The molecule has 7 heteroatoms. The van der Waals surface area contributed by atoms with Crippen molar-refractivity contribution in [3.8, 4) is 0 Å². The maximum absolute atomic E-state index is 11.8. The highest BCUT2D eigenvalue weighted by molar-refractivity contribution is 8.14. The molecular weight excluding hydrogens is 256 g/mol. The number of carboxylic acids is 1. The number of nitrogens with one attached hydrogen (secondary N) is 2. The Balaban J connectivity index is 1.76. The predicted molar refractivity (Wildman–Crippen MR) is 66.3 cm³/mol. The number of rotatable bonds is 3. The lowest BCUT2D eigenvalue weighted by atomic mass is 9.86. The molecule has 0 aromatic heterocycles. The number of thioether (sulfide) groups is 1. The van der Waals surface area contributed by atoms with Crippen LogP contribution in [0.15, 0.2) is 0 Å². The van der Waals surface area contributed by atoms with Gasteiger partial charge in [-0.1, -0.05) is 11.8 Å². The third-order valence-electron chi connectivity index (χ3n) is 3.41. The largest absolute Gasteiger partial charge is 0.481 e. The van der Waals surface area contributed by atoms with Gasteiger partial charge in [-0.25, -0.2) is 0 Å². The Labute approximate surface area is 109 Å². The summed E-state index contributed by atoms with van der Waals surface area (Å²) >= 11 is 1.11. The van der Waals surface area contributed by atoms with Crippen molar-refractivity contribution in [3.05, 3.63) is 0 Å². The van der Waals surface area contributed by atoms with Crippen LogP contribution in [0.3, 0.4) is 0 Å². The molecule has 18 heavy (non-hydrogen) atoms. The summed E-state index contributed by atoms with van der Waals surface area (Å²) in [5.41, 5.74) is 0. The average molecular weight is 272 g/mol. The lowest BCUT2D eigenvalue weighted by Gasteiger charge is -2.27. The summed E-state index contributed by atoms with van der Waals surface area (Å²) in [7, 11) is 0. The van der Waals surface area contributed by atoms with Gasteiger partial charge in [0.1, 0.15) is 6.04 Å². The molecule has 1 heterocycles. The van der Waals surface area contributed by atoms with Crippen molar-refractivity contribution in [2.75, 3.05) is 5.75 Å². The Kier molecular flexibility index (Phi) is 4.11. The van der Waals surface area contributed by atoms with E-state index < -0.39 is 12.0 Å². The second-order valence-corrected chi connectivity index (χ2v) is 5.68. The summed E-state index contributed by atoms with van der Waals surface area (Å²) in [6.07, 6.45) is 2.59. The van der Waals surface area contributed by atoms with E-state index >= 15 is 0 Å². The zero-order valence-electron chi connectivity index (χ0n) is 9.85. The second-order valence-electron chi connectivity index (χ2n) is 4.69. The van der Waals surface area contributed by atoms with E-state index in [9.17, 15) is 14.4 Å². The second kappa shape index (κ2) is 5.60. The highest BCUT2D eigenvalue weighted by atomic mass is 32.2. The van der Waals surface area contributed by atoms with E-state index in [0.717, 1.165) is 11.8 Å². The van der Waals surface area contributed by atoms with E-state index in [2.05, 4.69) is 10.6 Å². The molecular formula is C11H16N2O4S. The highest BCUT2D eigenvalue weighted by Crippen LogP contribution is 2.24. The molecule has 1 atom stereocenters. The van der Waals surface area contributed by atoms with Crippen molar-refractivity contribution in [2.24, 2.45) is 5.92 Å². The van der Waals surface area contributed by atoms with Crippen molar-refractivity contribution in [2.45, 2.75) is 37.8 Å². The summed E-state index contributed by atoms with van der Waals surface area (Å²) in [5.74, 6) is -0.721. The average Bonchev–Trinajstić information content (AvgIpc) is 2.76. The molecule has 2 aliphatic rings. The number of carbonyl (C=O) groups is 3. The van der Waals surface area contributed by atoms with Gasteiger partial charge in [0.2, 0.25) is 5.91 Å². The first-order chi connectivity index (χ1) is 8.56. The number of amides is 2. The first-order valence-electron chi connectivity index (χ1n) is 6.02. The van der Waals surface area contributed by atoms with Gasteiger partial charge in [-0.3, -0.25) is 14.4 Å². The van der Waals surface area contributed by atoms with Crippen molar-refractivity contribution in [3.63, 3.8) is 0 Å². The molecule has 0 bridgehead atoms. The predicted octanol–water partition coefficient (Wildman–Crippen LogP) is 0.571. The van der Waals surface area contributed by atoms with E-state index in [1.807, 2.05) is 0 Å². The van der Waals surface area contributed by atoms with Crippen molar-refractivity contribution < 1.29 is 19.5 Å². The minimum absolute atomic E-state index is 0.0376. The van der Waals surface area contributed by atoms with Gasteiger partial charge in [0.15, 0.2) is 0 Å². The van der Waals surface area contributed by atoms with E-state index in [-0.39, 0.29) is 23.1 Å². The normalized spacial score (nSPS) is 31.8. The fourth-order valence-corrected chi connectivity index (χ4v) is 3.09. The van der Waals surface area contributed by atoms with Gasteiger partial charge in [0.05, 0.1) is 5.92 Å². The molecule has 0 radical (unpaired) electrons. The van der Waals surface area contributed by atoms with E-state index in [0.29, 0.717) is 31.4 Å². The van der Waals surface area contributed by atoms with Crippen molar-refractivity contribution in [1.82, 2.24) is 10.6 Å². The van der Waals surface area contributed by atoms with Crippen LogP contribution in [-0.4, -0.2) is 40.1 Å². The fraction of sp³-hybridized carbons (Fsp3) is 0.727. The van der Waals surface area contributed by atoms with E-state index in [1.165, 1.54) is 0 Å². The molecule has 3 N–H and O–H groups in total.